The first-order valence-corrected chi connectivity index (χ1v) is 7.27. The number of hydrogen-bond acceptors (Lipinski definition) is 2. The molecule has 2 fully saturated rings. The molecular weight excluding hydrogens is 219 g/mol. The van der Waals surface area contributed by atoms with Gasteiger partial charge in [0.2, 0.25) is 0 Å². The third-order valence-corrected chi connectivity index (χ3v) is 5.16. The first kappa shape index (κ1) is 13.8. The second-order valence-electron chi connectivity index (χ2n) is 4.61. The minimum absolute atomic E-state index is 0.462. The summed E-state index contributed by atoms with van der Waals surface area (Å²) in [6, 6.07) is 0. The van der Waals surface area contributed by atoms with Crippen molar-refractivity contribution in [1.82, 2.24) is 4.90 Å². The summed E-state index contributed by atoms with van der Waals surface area (Å²) >= 11 is 0. The minimum atomic E-state index is 0.462. The molecule has 0 N–H and O–H groups in total. The maximum absolute atomic E-state index is 8.36. The van der Waals surface area contributed by atoms with Crippen LogP contribution < -0.4 is 0 Å². The van der Waals surface area contributed by atoms with Crippen LogP contribution in [0.15, 0.2) is 4.88 Å². The second-order valence-corrected chi connectivity index (χ2v) is 5.77. The van der Waals surface area contributed by atoms with Crippen LogP contribution in [0, 0.1) is 5.41 Å². The molecule has 1 aliphatic carbocycles. The van der Waals surface area contributed by atoms with Crippen molar-refractivity contribution in [2.24, 2.45) is 10.3 Å². The molecule has 92 valence electrons. The van der Waals surface area contributed by atoms with Crippen molar-refractivity contribution < 1.29 is 0 Å². The molecule has 2 rings (SSSR count). The number of azide groups is 1. The van der Waals surface area contributed by atoms with Gasteiger partial charge in [-0.05, 0) is 58.2 Å². The molecule has 1 saturated heterocycles. The lowest BCUT2D eigenvalue weighted by atomic mass is 9.85. The van der Waals surface area contributed by atoms with Gasteiger partial charge in [-0.2, -0.15) is 0 Å². The smallest absolute Gasteiger partial charge is 0.00447 e. The molecule has 4 nitrogen and oxygen atoms in total. The van der Waals surface area contributed by atoms with Gasteiger partial charge < -0.3 is 4.90 Å². The molecule has 0 bridgehead atoms. The molecule has 2 aliphatic rings. The third kappa shape index (κ3) is 2.88. The SMILES string of the molecule is CC.CN1CCC2(CCCC2PN=[N+]=[N-])C1. The van der Waals surface area contributed by atoms with Crippen LogP contribution >= 0.6 is 8.73 Å². The quantitative estimate of drug-likeness (QED) is 0.314. The molecule has 1 spiro atoms. The molecule has 3 atom stereocenters. The van der Waals surface area contributed by atoms with Gasteiger partial charge in [0.25, 0.3) is 0 Å². The van der Waals surface area contributed by atoms with E-state index < -0.39 is 0 Å². The van der Waals surface area contributed by atoms with E-state index in [4.69, 9.17) is 5.53 Å². The lowest BCUT2D eigenvalue weighted by Gasteiger charge is -2.29. The number of nitrogens with zero attached hydrogens (tertiary/aromatic N) is 4. The van der Waals surface area contributed by atoms with Gasteiger partial charge in [-0.25, -0.2) is 0 Å². The van der Waals surface area contributed by atoms with E-state index >= 15 is 0 Å². The van der Waals surface area contributed by atoms with E-state index in [0.29, 0.717) is 19.8 Å². The highest BCUT2D eigenvalue weighted by Gasteiger charge is 2.45. The summed E-state index contributed by atoms with van der Waals surface area (Å²) in [5.74, 6) is 0. The third-order valence-electron chi connectivity index (χ3n) is 3.74. The first-order valence-electron chi connectivity index (χ1n) is 6.25. The Kier molecular flexibility index (Phi) is 5.54. The summed E-state index contributed by atoms with van der Waals surface area (Å²) in [5, 5.41) is 0. The van der Waals surface area contributed by atoms with Crippen molar-refractivity contribution in [3.63, 3.8) is 0 Å². The van der Waals surface area contributed by atoms with E-state index in [-0.39, 0.29) is 0 Å². The van der Waals surface area contributed by atoms with Crippen molar-refractivity contribution in [3.05, 3.63) is 10.4 Å². The van der Waals surface area contributed by atoms with Gasteiger partial charge >= 0.3 is 0 Å². The fraction of sp³-hybridized carbons (Fsp3) is 1.00. The predicted octanol–water partition coefficient (Wildman–Crippen LogP) is 3.79. The number of rotatable bonds is 2. The largest absolute Gasteiger partial charge is 0.306 e. The minimum Gasteiger partial charge on any atom is -0.306 e. The maximum Gasteiger partial charge on any atom is 0.00447 e. The van der Waals surface area contributed by atoms with Crippen molar-refractivity contribution >= 4 is 8.73 Å². The summed E-state index contributed by atoms with van der Waals surface area (Å²) in [7, 11) is 2.66. The molecule has 1 heterocycles. The normalized spacial score (nSPS) is 34.1. The topological polar surface area (TPSA) is 52.0 Å². The molecule has 1 aliphatic heterocycles. The average Bonchev–Trinajstić information content (AvgIpc) is 2.87. The Morgan fingerprint density at radius 1 is 1.44 bits per heavy atom. The Bertz CT molecular complexity index is 265. The zero-order chi connectivity index (χ0) is 12.0. The summed E-state index contributed by atoms with van der Waals surface area (Å²) in [4.78, 5) is 9.10. The predicted molar refractivity (Wildman–Crippen MR) is 71.0 cm³/mol. The van der Waals surface area contributed by atoms with Gasteiger partial charge in [0.1, 0.15) is 0 Å². The molecule has 0 aromatic rings. The lowest BCUT2D eigenvalue weighted by Crippen LogP contribution is -2.29. The van der Waals surface area contributed by atoms with Gasteiger partial charge in [-0.15, -0.1) is 0 Å². The van der Waals surface area contributed by atoms with Crippen LogP contribution in [0.1, 0.15) is 39.5 Å². The highest BCUT2D eigenvalue weighted by molar-refractivity contribution is 7.37. The molecule has 0 amide bonds. The van der Waals surface area contributed by atoms with Crippen molar-refractivity contribution in [3.8, 4) is 0 Å². The van der Waals surface area contributed by atoms with Crippen LogP contribution in [-0.2, 0) is 0 Å². The Balaban J connectivity index is 0.000000606. The van der Waals surface area contributed by atoms with E-state index in [2.05, 4.69) is 21.7 Å². The average molecular weight is 242 g/mol. The Morgan fingerprint density at radius 3 is 2.75 bits per heavy atom. The first-order chi connectivity index (χ1) is 7.77. The molecule has 0 aromatic carbocycles. The maximum atomic E-state index is 8.36. The van der Waals surface area contributed by atoms with E-state index in [9.17, 15) is 0 Å². The van der Waals surface area contributed by atoms with E-state index in [1.165, 1.54) is 38.8 Å². The fourth-order valence-corrected chi connectivity index (χ4v) is 4.21. The monoisotopic (exact) mass is 242 g/mol. The fourth-order valence-electron chi connectivity index (χ4n) is 3.03. The van der Waals surface area contributed by atoms with Crippen LogP contribution in [0.25, 0.3) is 10.4 Å². The molecule has 1 saturated carbocycles. The summed E-state index contributed by atoms with van der Waals surface area (Å²) in [6.07, 6.45) is 5.25. The van der Waals surface area contributed by atoms with Gasteiger partial charge in [0, 0.05) is 11.5 Å². The molecule has 16 heavy (non-hydrogen) atoms. The number of hydrogen-bond donors (Lipinski definition) is 0. The Hall–Kier alpha value is -0.300. The molecular formula is C11H23N4P. The van der Waals surface area contributed by atoms with Crippen LogP contribution in [0.3, 0.4) is 0 Å². The lowest BCUT2D eigenvalue weighted by molar-refractivity contribution is 0.295. The Morgan fingerprint density at radius 2 is 2.19 bits per heavy atom. The highest BCUT2D eigenvalue weighted by atomic mass is 31.1. The Labute approximate surface area is 100 Å². The molecule has 3 unspecified atom stereocenters. The zero-order valence-corrected chi connectivity index (χ0v) is 11.6. The summed E-state index contributed by atoms with van der Waals surface area (Å²) in [6.45, 7) is 6.43. The molecule has 5 heteroatoms. The summed E-state index contributed by atoms with van der Waals surface area (Å²) < 4.78 is 0. The molecule has 0 radical (unpaired) electrons. The molecule has 0 aromatic heterocycles. The van der Waals surface area contributed by atoms with Gasteiger partial charge in [-0.3, -0.25) is 0 Å². The summed E-state index contributed by atoms with van der Waals surface area (Å²) in [5.41, 5.74) is 9.54. The van der Waals surface area contributed by atoms with Crippen molar-refractivity contribution in [2.45, 2.75) is 45.2 Å². The van der Waals surface area contributed by atoms with Crippen molar-refractivity contribution in [1.29, 1.82) is 0 Å². The van der Waals surface area contributed by atoms with Crippen LogP contribution in [-0.4, -0.2) is 30.7 Å². The highest BCUT2D eigenvalue weighted by Crippen LogP contribution is 2.52. The standard InChI is InChI=1S/C9H17N4P.C2H6/c1-13-6-5-9(7-13)4-2-3-8(9)14-12-11-10;1-2/h8,14H,2-7H2,1H3;1-2H3. The van der Waals surface area contributed by atoms with Gasteiger partial charge in [0.15, 0.2) is 0 Å². The number of likely N-dealkylation sites (tertiary alicyclic amines) is 1. The zero-order valence-electron chi connectivity index (χ0n) is 10.6. The van der Waals surface area contributed by atoms with Crippen LogP contribution in [0.5, 0.6) is 0 Å². The van der Waals surface area contributed by atoms with Crippen molar-refractivity contribution in [2.75, 3.05) is 20.1 Å². The van der Waals surface area contributed by atoms with Crippen LogP contribution in [0.2, 0.25) is 0 Å². The van der Waals surface area contributed by atoms with E-state index in [0.717, 1.165) is 0 Å². The van der Waals surface area contributed by atoms with Crippen LogP contribution in [0.4, 0.5) is 0 Å². The van der Waals surface area contributed by atoms with Gasteiger partial charge in [0.05, 0.1) is 0 Å². The second kappa shape index (κ2) is 6.44. The van der Waals surface area contributed by atoms with E-state index in [1.54, 1.807) is 0 Å². The van der Waals surface area contributed by atoms with Gasteiger partial charge in [-0.1, -0.05) is 25.2 Å². The van der Waals surface area contributed by atoms with E-state index in [1.807, 2.05) is 13.8 Å².